The lowest BCUT2D eigenvalue weighted by atomic mass is 9.80. The molecule has 0 aromatic heterocycles. The van der Waals surface area contributed by atoms with Crippen LogP contribution in [0.1, 0.15) is 13.3 Å². The van der Waals surface area contributed by atoms with Crippen LogP contribution >= 0.6 is 0 Å². The number of aliphatic hydroxyl groups is 1. The summed E-state index contributed by atoms with van der Waals surface area (Å²) in [5.74, 6) is -1.62. The van der Waals surface area contributed by atoms with E-state index < -0.39 is 11.9 Å². The van der Waals surface area contributed by atoms with Gasteiger partial charge in [-0.3, -0.25) is 4.79 Å². The molecule has 66 valence electrons. The lowest BCUT2D eigenvalue weighted by molar-refractivity contribution is -0.194. The van der Waals surface area contributed by atoms with Gasteiger partial charge in [-0.1, -0.05) is 6.92 Å². The molecule has 4 nitrogen and oxygen atoms in total. The molecule has 0 radical (unpaired) electrons. The predicted molar refractivity (Wildman–Crippen MR) is 37.0 cm³/mol. The van der Waals surface area contributed by atoms with Crippen molar-refractivity contribution >= 4 is 5.97 Å². The Labute approximate surface area is 69.5 Å². The maximum atomic E-state index is 11.2. The highest BCUT2D eigenvalue weighted by Crippen LogP contribution is 2.54. The molecular weight excluding hydrogens is 160 g/mol. The fourth-order valence-corrected chi connectivity index (χ4v) is 2.61. The first-order valence-corrected chi connectivity index (χ1v) is 4.22. The van der Waals surface area contributed by atoms with Crippen molar-refractivity contribution in [3.05, 3.63) is 0 Å². The van der Waals surface area contributed by atoms with Crippen LogP contribution in [0.2, 0.25) is 0 Å². The first-order chi connectivity index (χ1) is 5.62. The molecule has 2 bridgehead atoms. The Kier molecular flexibility index (Phi) is 0.957. The van der Waals surface area contributed by atoms with Crippen LogP contribution in [0.15, 0.2) is 0 Å². The van der Waals surface area contributed by atoms with Crippen molar-refractivity contribution < 1.29 is 19.4 Å². The second-order valence-electron chi connectivity index (χ2n) is 3.95. The van der Waals surface area contributed by atoms with Crippen LogP contribution in [-0.4, -0.2) is 29.1 Å². The first-order valence-electron chi connectivity index (χ1n) is 4.22. The predicted octanol–water partition coefficient (Wildman–Crippen LogP) is -0.345. The lowest BCUT2D eigenvalue weighted by Crippen LogP contribution is -2.40. The van der Waals surface area contributed by atoms with E-state index in [0.717, 1.165) is 0 Å². The summed E-state index contributed by atoms with van der Waals surface area (Å²) in [5, 5.41) is 9.75. The maximum Gasteiger partial charge on any atom is 0.314 e. The Balaban J connectivity index is 2.09. The van der Waals surface area contributed by atoms with Crippen molar-refractivity contribution in [2.24, 2.45) is 11.8 Å². The molecule has 3 fully saturated rings. The van der Waals surface area contributed by atoms with Gasteiger partial charge in [0, 0.05) is 6.42 Å². The second kappa shape index (κ2) is 1.67. The minimum Gasteiger partial charge on any atom is -0.430 e. The average Bonchev–Trinajstić information content (AvgIpc) is 2.45. The van der Waals surface area contributed by atoms with Gasteiger partial charge in [0.05, 0.1) is 12.0 Å². The molecule has 4 heteroatoms. The van der Waals surface area contributed by atoms with Crippen molar-refractivity contribution in [1.82, 2.24) is 0 Å². The van der Waals surface area contributed by atoms with E-state index in [0.29, 0.717) is 6.42 Å². The molecule has 0 aliphatic carbocycles. The number of carbonyl (C=O) groups is 1. The fraction of sp³-hybridized carbons (Fsp3) is 0.875. The summed E-state index contributed by atoms with van der Waals surface area (Å²) < 4.78 is 10.3. The molecule has 3 rings (SSSR count). The summed E-state index contributed by atoms with van der Waals surface area (Å²) in [5.41, 5.74) is 0. The first kappa shape index (κ1) is 6.86. The van der Waals surface area contributed by atoms with Crippen molar-refractivity contribution in [3.63, 3.8) is 0 Å². The molecule has 1 N–H and O–H groups in total. The quantitative estimate of drug-likeness (QED) is 0.505. The largest absolute Gasteiger partial charge is 0.430 e. The van der Waals surface area contributed by atoms with Gasteiger partial charge in [0.25, 0.3) is 0 Å². The summed E-state index contributed by atoms with van der Waals surface area (Å²) in [7, 11) is 0. The summed E-state index contributed by atoms with van der Waals surface area (Å²) in [6, 6.07) is 0. The molecule has 0 aromatic carbocycles. The second-order valence-corrected chi connectivity index (χ2v) is 3.95. The molecule has 5 atom stereocenters. The SMILES string of the molecule is CC1C2CC3(O)OC(=O)C1C3O2. The van der Waals surface area contributed by atoms with Gasteiger partial charge < -0.3 is 14.6 Å². The Morgan fingerprint density at radius 3 is 3.00 bits per heavy atom. The van der Waals surface area contributed by atoms with E-state index in [-0.39, 0.29) is 23.9 Å². The fourth-order valence-electron chi connectivity index (χ4n) is 2.61. The normalized spacial score (nSPS) is 61.0. The Morgan fingerprint density at radius 1 is 1.67 bits per heavy atom. The number of fused-ring (bicyclic) bond motifs is 1. The molecule has 0 aromatic rings. The lowest BCUT2D eigenvalue weighted by Gasteiger charge is -2.22. The molecule has 3 aliphatic heterocycles. The molecule has 3 heterocycles. The maximum absolute atomic E-state index is 11.2. The van der Waals surface area contributed by atoms with Crippen molar-refractivity contribution in [3.8, 4) is 0 Å². The third-order valence-corrected chi connectivity index (χ3v) is 3.29. The number of esters is 1. The van der Waals surface area contributed by atoms with Crippen LogP contribution in [0.4, 0.5) is 0 Å². The van der Waals surface area contributed by atoms with Crippen molar-refractivity contribution in [2.75, 3.05) is 0 Å². The summed E-state index contributed by atoms with van der Waals surface area (Å²) in [6.45, 7) is 1.97. The third-order valence-electron chi connectivity index (χ3n) is 3.29. The van der Waals surface area contributed by atoms with Gasteiger partial charge in [-0.2, -0.15) is 0 Å². The highest BCUT2D eigenvalue weighted by molar-refractivity contribution is 5.78. The van der Waals surface area contributed by atoms with Crippen molar-refractivity contribution in [1.29, 1.82) is 0 Å². The molecule has 0 amide bonds. The van der Waals surface area contributed by atoms with Gasteiger partial charge in [-0.15, -0.1) is 0 Å². The molecule has 5 unspecified atom stereocenters. The Morgan fingerprint density at radius 2 is 2.42 bits per heavy atom. The minimum atomic E-state index is -1.29. The Bertz CT molecular complexity index is 264. The molecule has 12 heavy (non-hydrogen) atoms. The summed E-state index contributed by atoms with van der Waals surface area (Å²) in [4.78, 5) is 11.2. The topological polar surface area (TPSA) is 55.8 Å². The van der Waals surface area contributed by atoms with Gasteiger partial charge in [0.2, 0.25) is 5.79 Å². The number of hydrogen-bond donors (Lipinski definition) is 1. The van der Waals surface area contributed by atoms with Crippen LogP contribution < -0.4 is 0 Å². The highest BCUT2D eigenvalue weighted by Gasteiger charge is 2.70. The van der Waals surface area contributed by atoms with Crippen LogP contribution in [0.5, 0.6) is 0 Å². The zero-order valence-electron chi connectivity index (χ0n) is 6.69. The standard InChI is InChI=1S/C8H10O4/c1-3-4-2-8(10)6(11-4)5(3)7(9)12-8/h3-6,10H,2H2,1H3. The Hall–Kier alpha value is -0.610. The molecular formula is C8H10O4. The number of rotatable bonds is 0. The van der Waals surface area contributed by atoms with Crippen LogP contribution in [0.3, 0.4) is 0 Å². The summed E-state index contributed by atoms with van der Waals surface area (Å²) in [6.07, 6.45) is 0.0580. The van der Waals surface area contributed by atoms with Crippen LogP contribution in [-0.2, 0) is 14.3 Å². The number of ether oxygens (including phenoxy) is 2. The van der Waals surface area contributed by atoms with E-state index in [1.165, 1.54) is 0 Å². The summed E-state index contributed by atoms with van der Waals surface area (Å²) >= 11 is 0. The average molecular weight is 170 g/mol. The molecule has 0 saturated carbocycles. The van der Waals surface area contributed by atoms with E-state index in [1.54, 1.807) is 0 Å². The smallest absolute Gasteiger partial charge is 0.314 e. The zero-order chi connectivity index (χ0) is 8.51. The molecule has 0 spiro atoms. The number of carbonyl (C=O) groups excluding carboxylic acids is 1. The van der Waals surface area contributed by atoms with Crippen LogP contribution in [0, 0.1) is 11.8 Å². The van der Waals surface area contributed by atoms with E-state index in [9.17, 15) is 9.90 Å². The van der Waals surface area contributed by atoms with Crippen molar-refractivity contribution in [2.45, 2.75) is 31.3 Å². The van der Waals surface area contributed by atoms with E-state index in [1.807, 2.05) is 6.92 Å². The third kappa shape index (κ3) is 0.528. The minimum absolute atomic E-state index is 0.0106. The molecule has 3 aliphatic rings. The monoisotopic (exact) mass is 170 g/mol. The van der Waals surface area contributed by atoms with E-state index in [2.05, 4.69) is 0 Å². The molecule has 3 saturated heterocycles. The van der Waals surface area contributed by atoms with E-state index >= 15 is 0 Å². The zero-order valence-corrected chi connectivity index (χ0v) is 6.69. The van der Waals surface area contributed by atoms with Crippen LogP contribution in [0.25, 0.3) is 0 Å². The number of hydrogen-bond acceptors (Lipinski definition) is 4. The van der Waals surface area contributed by atoms with Gasteiger partial charge >= 0.3 is 5.97 Å². The van der Waals surface area contributed by atoms with E-state index in [4.69, 9.17) is 9.47 Å². The van der Waals surface area contributed by atoms with Gasteiger partial charge in [-0.25, -0.2) is 0 Å². The van der Waals surface area contributed by atoms with Gasteiger partial charge in [-0.05, 0) is 5.92 Å². The van der Waals surface area contributed by atoms with Gasteiger partial charge in [0.15, 0.2) is 0 Å². The highest BCUT2D eigenvalue weighted by atomic mass is 16.7. The van der Waals surface area contributed by atoms with Gasteiger partial charge in [0.1, 0.15) is 6.10 Å².